The molecule has 1 saturated carbocycles. The lowest BCUT2D eigenvalue weighted by atomic mass is 9.75. The number of aryl methyl sites for hydroxylation is 1. The number of likely N-dealkylation sites (tertiary alicyclic amines) is 1. The standard InChI is InChI=1S/C37H46N2O5S/c1-26(2)33-22-27(3)7-13-35(33)43-36(40)39-20-17-37(18-21-39)16-15-31-23-30(12-14-34(31)44-37)29-10-8-28(9-11-29)24-45(41,42)25-32-6-4-5-19-38-32/h4-6,8-12,14,19,23,26-27,33,35H,7,13,15-18,20-22,24-25H2,1-3H3/t27-,33-,35+/m1/s1. The number of sulfone groups is 1. The van der Waals surface area contributed by atoms with Crippen LogP contribution in [0.5, 0.6) is 5.75 Å². The molecule has 0 N–H and O–H groups in total. The summed E-state index contributed by atoms with van der Waals surface area (Å²) in [7, 11) is -3.32. The van der Waals surface area contributed by atoms with Gasteiger partial charge in [0.15, 0.2) is 9.84 Å². The normalized spacial score (nSPS) is 22.9. The Morgan fingerprint density at radius 1 is 1.00 bits per heavy atom. The average Bonchev–Trinajstić information content (AvgIpc) is 3.02. The van der Waals surface area contributed by atoms with Gasteiger partial charge in [-0.2, -0.15) is 0 Å². The molecule has 3 aromatic rings. The zero-order valence-corrected chi connectivity index (χ0v) is 27.6. The minimum Gasteiger partial charge on any atom is -0.487 e. The third-order valence-corrected chi connectivity index (χ3v) is 11.7. The van der Waals surface area contributed by atoms with E-state index in [1.807, 2.05) is 29.2 Å². The third-order valence-electron chi connectivity index (χ3n) is 10.1. The summed E-state index contributed by atoms with van der Waals surface area (Å²) in [6, 6.07) is 19.4. The molecule has 1 amide bonds. The average molecular weight is 631 g/mol. The van der Waals surface area contributed by atoms with Crippen molar-refractivity contribution in [2.24, 2.45) is 17.8 Å². The van der Waals surface area contributed by atoms with Gasteiger partial charge in [-0.3, -0.25) is 4.98 Å². The third kappa shape index (κ3) is 7.54. The predicted molar refractivity (Wildman–Crippen MR) is 177 cm³/mol. The molecular weight excluding hydrogens is 584 g/mol. The molecular formula is C37H46N2O5S. The van der Waals surface area contributed by atoms with E-state index in [0.29, 0.717) is 36.5 Å². The van der Waals surface area contributed by atoms with E-state index in [2.05, 4.69) is 44.0 Å². The van der Waals surface area contributed by atoms with Gasteiger partial charge in [0.2, 0.25) is 0 Å². The molecule has 1 saturated heterocycles. The Morgan fingerprint density at radius 2 is 1.76 bits per heavy atom. The van der Waals surface area contributed by atoms with Crippen LogP contribution >= 0.6 is 0 Å². The molecule has 2 aliphatic heterocycles. The second-order valence-electron chi connectivity index (χ2n) is 13.9. The molecule has 1 aromatic heterocycles. The highest BCUT2D eigenvalue weighted by Crippen LogP contribution is 2.41. The van der Waals surface area contributed by atoms with Crippen molar-refractivity contribution < 1.29 is 22.7 Å². The second-order valence-corrected chi connectivity index (χ2v) is 16.0. The van der Waals surface area contributed by atoms with Crippen LogP contribution in [0.4, 0.5) is 4.79 Å². The Balaban J connectivity index is 1.04. The SMILES string of the molecule is CC(C)[C@H]1C[C@H](C)CC[C@@H]1OC(=O)N1CCC2(CCc3cc(-c4ccc(CS(=O)(=O)Cc5ccccn5)cc4)ccc3O2)CC1. The Morgan fingerprint density at radius 3 is 2.47 bits per heavy atom. The van der Waals surface area contributed by atoms with E-state index in [0.717, 1.165) is 67.4 Å². The molecule has 6 rings (SSSR count). The predicted octanol–water partition coefficient (Wildman–Crippen LogP) is 7.62. The molecule has 7 nitrogen and oxygen atoms in total. The lowest BCUT2D eigenvalue weighted by Gasteiger charge is -2.45. The van der Waals surface area contributed by atoms with Gasteiger partial charge in [-0.05, 0) is 96.4 Å². The summed E-state index contributed by atoms with van der Waals surface area (Å²) in [6.07, 6.45) is 8.18. The number of hydrogen-bond donors (Lipinski definition) is 0. The van der Waals surface area contributed by atoms with Crippen LogP contribution in [0.1, 0.15) is 76.1 Å². The van der Waals surface area contributed by atoms with Crippen LogP contribution in [0.15, 0.2) is 66.9 Å². The van der Waals surface area contributed by atoms with Crippen molar-refractivity contribution in [1.82, 2.24) is 9.88 Å². The van der Waals surface area contributed by atoms with Crippen molar-refractivity contribution in [3.05, 3.63) is 83.7 Å². The molecule has 1 aliphatic carbocycles. The number of fused-ring (bicyclic) bond motifs is 1. The summed E-state index contributed by atoms with van der Waals surface area (Å²) in [6.45, 7) is 8.11. The molecule has 2 aromatic carbocycles. The van der Waals surface area contributed by atoms with E-state index < -0.39 is 9.84 Å². The molecule has 45 heavy (non-hydrogen) atoms. The van der Waals surface area contributed by atoms with E-state index in [9.17, 15) is 13.2 Å². The minimum absolute atomic E-state index is 0.0164. The van der Waals surface area contributed by atoms with E-state index in [1.165, 1.54) is 5.56 Å². The van der Waals surface area contributed by atoms with Crippen LogP contribution in [0.2, 0.25) is 0 Å². The zero-order chi connectivity index (χ0) is 31.6. The van der Waals surface area contributed by atoms with Gasteiger partial charge in [-0.25, -0.2) is 13.2 Å². The molecule has 0 bridgehead atoms. The van der Waals surface area contributed by atoms with Gasteiger partial charge in [0, 0.05) is 32.1 Å². The first-order valence-electron chi connectivity index (χ1n) is 16.6. The molecule has 0 radical (unpaired) electrons. The number of amides is 1. The van der Waals surface area contributed by atoms with Crippen molar-refractivity contribution in [3.8, 4) is 16.9 Å². The molecule has 2 fully saturated rings. The van der Waals surface area contributed by atoms with Crippen molar-refractivity contribution in [2.45, 2.75) is 88.9 Å². The van der Waals surface area contributed by atoms with Gasteiger partial charge in [-0.1, -0.05) is 57.2 Å². The number of pyridine rings is 1. The minimum atomic E-state index is -3.32. The molecule has 8 heteroatoms. The molecule has 3 aliphatic rings. The lowest BCUT2D eigenvalue weighted by molar-refractivity contribution is -0.0365. The van der Waals surface area contributed by atoms with Crippen molar-refractivity contribution in [1.29, 1.82) is 0 Å². The number of benzene rings is 2. The number of nitrogens with zero attached hydrogens (tertiary/aromatic N) is 2. The number of carbonyl (C=O) groups is 1. The largest absolute Gasteiger partial charge is 0.487 e. The fraction of sp³-hybridized carbons (Fsp3) is 0.514. The Bertz CT molecular complexity index is 1580. The summed E-state index contributed by atoms with van der Waals surface area (Å²) in [5.74, 6) is 2.49. The maximum absolute atomic E-state index is 13.2. The van der Waals surface area contributed by atoms with Gasteiger partial charge < -0.3 is 14.4 Å². The lowest BCUT2D eigenvalue weighted by Crippen LogP contribution is -2.52. The van der Waals surface area contributed by atoms with Crippen LogP contribution in [-0.4, -0.2) is 49.2 Å². The zero-order valence-electron chi connectivity index (χ0n) is 26.8. The number of carbonyl (C=O) groups excluding carboxylic acids is 1. The van der Waals surface area contributed by atoms with Gasteiger partial charge in [0.1, 0.15) is 17.5 Å². The first-order valence-corrected chi connectivity index (χ1v) is 18.4. The maximum Gasteiger partial charge on any atom is 0.410 e. The first kappa shape index (κ1) is 31.6. The van der Waals surface area contributed by atoms with Gasteiger partial charge in [0.25, 0.3) is 0 Å². The molecule has 3 heterocycles. The number of rotatable bonds is 7. The van der Waals surface area contributed by atoms with Gasteiger partial charge >= 0.3 is 6.09 Å². The number of hydrogen-bond acceptors (Lipinski definition) is 6. The number of ether oxygens (including phenoxy) is 2. The highest BCUT2D eigenvalue weighted by atomic mass is 32.2. The van der Waals surface area contributed by atoms with E-state index in [1.54, 1.807) is 24.4 Å². The van der Waals surface area contributed by atoms with Crippen molar-refractivity contribution in [2.75, 3.05) is 13.1 Å². The second kappa shape index (κ2) is 13.1. The van der Waals surface area contributed by atoms with Crippen LogP contribution in [0.3, 0.4) is 0 Å². The van der Waals surface area contributed by atoms with E-state index >= 15 is 0 Å². The molecule has 3 atom stereocenters. The van der Waals surface area contributed by atoms with Crippen molar-refractivity contribution >= 4 is 15.9 Å². The van der Waals surface area contributed by atoms with Crippen LogP contribution < -0.4 is 4.74 Å². The van der Waals surface area contributed by atoms with E-state index in [-0.39, 0.29) is 29.3 Å². The maximum atomic E-state index is 13.2. The number of aromatic nitrogens is 1. The van der Waals surface area contributed by atoms with E-state index in [4.69, 9.17) is 9.47 Å². The topological polar surface area (TPSA) is 85.8 Å². The Kier molecular flexibility index (Phi) is 9.23. The summed E-state index contributed by atoms with van der Waals surface area (Å²) in [5, 5.41) is 0. The molecule has 1 spiro atoms. The van der Waals surface area contributed by atoms with Gasteiger partial charge in [-0.15, -0.1) is 0 Å². The monoisotopic (exact) mass is 630 g/mol. The highest BCUT2D eigenvalue weighted by Gasteiger charge is 2.42. The molecule has 240 valence electrons. The fourth-order valence-electron chi connectivity index (χ4n) is 7.41. The Labute approximate surface area is 268 Å². The van der Waals surface area contributed by atoms with Crippen LogP contribution in [-0.2, 0) is 32.5 Å². The first-order chi connectivity index (χ1) is 21.6. The highest BCUT2D eigenvalue weighted by molar-refractivity contribution is 7.89. The summed E-state index contributed by atoms with van der Waals surface area (Å²) >= 11 is 0. The smallest absolute Gasteiger partial charge is 0.410 e. The summed E-state index contributed by atoms with van der Waals surface area (Å²) in [5.41, 5.74) is 4.40. The quantitative estimate of drug-likeness (QED) is 0.267. The van der Waals surface area contributed by atoms with Crippen molar-refractivity contribution in [3.63, 3.8) is 0 Å². The Hall–Kier alpha value is -3.39. The molecule has 0 unspecified atom stereocenters. The summed E-state index contributed by atoms with van der Waals surface area (Å²) in [4.78, 5) is 19.2. The fourth-order valence-corrected chi connectivity index (χ4v) is 8.83. The van der Waals surface area contributed by atoms with Gasteiger partial charge in [0.05, 0.1) is 17.2 Å². The number of piperidine rings is 1. The summed E-state index contributed by atoms with van der Waals surface area (Å²) < 4.78 is 38.2. The van der Waals surface area contributed by atoms with Crippen LogP contribution in [0.25, 0.3) is 11.1 Å². The van der Waals surface area contributed by atoms with Crippen LogP contribution in [0, 0.1) is 17.8 Å².